The fourth-order valence-corrected chi connectivity index (χ4v) is 1.14. The van der Waals surface area contributed by atoms with Crippen molar-refractivity contribution in [2.75, 3.05) is 13.2 Å². The number of alkyl carbamates (subject to hydrolysis) is 1. The van der Waals surface area contributed by atoms with Crippen LogP contribution in [0.1, 0.15) is 46.0 Å². The van der Waals surface area contributed by atoms with Crippen LogP contribution in [0.25, 0.3) is 0 Å². The van der Waals surface area contributed by atoms with Crippen LogP contribution in [0.2, 0.25) is 0 Å². The van der Waals surface area contributed by atoms with E-state index in [9.17, 15) is 4.79 Å². The Balaban J connectivity index is 3.17. The number of unbranched alkanes of at least 4 members (excludes halogenated alkanes) is 2. The van der Waals surface area contributed by atoms with Gasteiger partial charge in [0, 0.05) is 12.6 Å². The zero-order valence-electron chi connectivity index (χ0n) is 9.92. The Bertz CT molecular complexity index is 161. The molecular formula is C11H24N2O2. The molecule has 1 amide bonds. The maximum absolute atomic E-state index is 11.1. The topological polar surface area (TPSA) is 64.3 Å². The summed E-state index contributed by atoms with van der Waals surface area (Å²) in [6.45, 7) is 5.25. The lowest BCUT2D eigenvalue weighted by atomic mass is 10.1. The van der Waals surface area contributed by atoms with Crippen molar-refractivity contribution in [3.05, 3.63) is 0 Å². The molecule has 4 heteroatoms. The molecular weight excluding hydrogens is 192 g/mol. The molecule has 0 aliphatic rings. The van der Waals surface area contributed by atoms with E-state index in [2.05, 4.69) is 12.2 Å². The van der Waals surface area contributed by atoms with E-state index in [1.807, 2.05) is 6.92 Å². The number of nitrogens with two attached hydrogens (primary N) is 1. The van der Waals surface area contributed by atoms with Gasteiger partial charge in [0.05, 0.1) is 6.61 Å². The van der Waals surface area contributed by atoms with Crippen LogP contribution in [0.5, 0.6) is 0 Å². The maximum Gasteiger partial charge on any atom is 0.407 e. The smallest absolute Gasteiger partial charge is 0.407 e. The van der Waals surface area contributed by atoms with Gasteiger partial charge >= 0.3 is 6.09 Å². The number of rotatable bonds is 8. The molecule has 4 nitrogen and oxygen atoms in total. The van der Waals surface area contributed by atoms with E-state index < -0.39 is 0 Å². The fraction of sp³-hybridized carbons (Fsp3) is 0.909. The molecule has 1 atom stereocenters. The quantitative estimate of drug-likeness (QED) is 0.610. The summed E-state index contributed by atoms with van der Waals surface area (Å²) in [5, 5.41) is 2.71. The van der Waals surface area contributed by atoms with Gasteiger partial charge in [-0.05, 0) is 26.2 Å². The van der Waals surface area contributed by atoms with Crippen molar-refractivity contribution < 1.29 is 9.53 Å². The summed E-state index contributed by atoms with van der Waals surface area (Å²) in [6, 6.07) is 0.251. The molecule has 0 saturated heterocycles. The monoisotopic (exact) mass is 216 g/mol. The summed E-state index contributed by atoms with van der Waals surface area (Å²) >= 11 is 0. The molecule has 0 aromatic carbocycles. The highest BCUT2D eigenvalue weighted by Crippen LogP contribution is 1.97. The number of hydrogen-bond donors (Lipinski definition) is 2. The van der Waals surface area contributed by atoms with Gasteiger partial charge in [0.25, 0.3) is 0 Å². The number of amides is 1. The molecule has 0 saturated carbocycles. The van der Waals surface area contributed by atoms with Crippen LogP contribution < -0.4 is 11.1 Å². The van der Waals surface area contributed by atoms with Crippen molar-refractivity contribution in [3.63, 3.8) is 0 Å². The minimum absolute atomic E-state index is 0.251. The first-order valence-corrected chi connectivity index (χ1v) is 5.83. The fourth-order valence-electron chi connectivity index (χ4n) is 1.14. The first-order valence-electron chi connectivity index (χ1n) is 5.83. The molecule has 0 heterocycles. The van der Waals surface area contributed by atoms with Gasteiger partial charge in [-0.1, -0.05) is 19.8 Å². The highest BCUT2D eigenvalue weighted by molar-refractivity contribution is 5.66. The van der Waals surface area contributed by atoms with Crippen LogP contribution in [0, 0.1) is 0 Å². The summed E-state index contributed by atoms with van der Waals surface area (Å²) in [6.07, 6.45) is 4.69. The molecule has 0 radical (unpaired) electrons. The predicted octanol–water partition coefficient (Wildman–Crippen LogP) is 2.03. The Morgan fingerprint density at radius 3 is 2.73 bits per heavy atom. The first kappa shape index (κ1) is 14.2. The molecule has 3 N–H and O–H groups in total. The van der Waals surface area contributed by atoms with Crippen LogP contribution in [-0.4, -0.2) is 25.3 Å². The molecule has 0 bridgehead atoms. The van der Waals surface area contributed by atoms with E-state index in [-0.39, 0.29) is 12.1 Å². The minimum atomic E-state index is -0.302. The van der Waals surface area contributed by atoms with Crippen LogP contribution in [-0.2, 0) is 4.74 Å². The Morgan fingerprint density at radius 2 is 2.13 bits per heavy atom. The summed E-state index contributed by atoms with van der Waals surface area (Å²) in [5.74, 6) is 0. The molecule has 90 valence electrons. The third kappa shape index (κ3) is 11.2. The summed E-state index contributed by atoms with van der Waals surface area (Å²) in [5.41, 5.74) is 5.60. The normalized spacial score (nSPS) is 12.2. The Hall–Kier alpha value is -0.770. The maximum atomic E-state index is 11.1. The van der Waals surface area contributed by atoms with Gasteiger partial charge in [-0.25, -0.2) is 4.79 Å². The van der Waals surface area contributed by atoms with Crippen LogP contribution in [0.15, 0.2) is 0 Å². The van der Waals surface area contributed by atoms with Crippen molar-refractivity contribution in [3.8, 4) is 0 Å². The third-order valence-electron chi connectivity index (χ3n) is 2.09. The molecule has 0 rings (SSSR count). The number of ether oxygens (including phenoxy) is 1. The van der Waals surface area contributed by atoms with Gasteiger partial charge in [0.15, 0.2) is 0 Å². The molecule has 0 fully saturated rings. The zero-order valence-corrected chi connectivity index (χ0v) is 9.92. The van der Waals surface area contributed by atoms with E-state index in [4.69, 9.17) is 10.5 Å². The SMILES string of the molecule is CCCCOC(=O)NCCCCC(C)N. The van der Waals surface area contributed by atoms with Gasteiger partial charge < -0.3 is 15.8 Å². The lowest BCUT2D eigenvalue weighted by Gasteiger charge is -2.07. The van der Waals surface area contributed by atoms with Gasteiger partial charge in [0.1, 0.15) is 0 Å². The molecule has 1 unspecified atom stereocenters. The van der Waals surface area contributed by atoms with E-state index in [0.29, 0.717) is 13.2 Å². The number of nitrogens with one attached hydrogen (secondary N) is 1. The second-order valence-corrected chi connectivity index (χ2v) is 3.89. The first-order chi connectivity index (χ1) is 7.16. The van der Waals surface area contributed by atoms with Gasteiger partial charge in [-0.3, -0.25) is 0 Å². The van der Waals surface area contributed by atoms with Gasteiger partial charge in [0.2, 0.25) is 0 Å². The van der Waals surface area contributed by atoms with Crippen LogP contribution in [0.4, 0.5) is 4.79 Å². The average molecular weight is 216 g/mol. The second-order valence-electron chi connectivity index (χ2n) is 3.89. The largest absolute Gasteiger partial charge is 0.450 e. The van der Waals surface area contributed by atoms with Gasteiger partial charge in [-0.15, -0.1) is 0 Å². The summed E-state index contributed by atoms with van der Waals surface area (Å²) < 4.78 is 4.94. The molecule has 0 aromatic rings. The van der Waals surface area contributed by atoms with Crippen molar-refractivity contribution in [1.29, 1.82) is 0 Å². The van der Waals surface area contributed by atoms with Crippen molar-refractivity contribution in [1.82, 2.24) is 5.32 Å². The lowest BCUT2D eigenvalue weighted by Crippen LogP contribution is -2.26. The van der Waals surface area contributed by atoms with Crippen molar-refractivity contribution in [2.24, 2.45) is 5.73 Å². The van der Waals surface area contributed by atoms with Gasteiger partial charge in [-0.2, -0.15) is 0 Å². The van der Waals surface area contributed by atoms with E-state index in [0.717, 1.165) is 32.1 Å². The van der Waals surface area contributed by atoms with Crippen molar-refractivity contribution in [2.45, 2.75) is 52.0 Å². The van der Waals surface area contributed by atoms with E-state index in [1.165, 1.54) is 0 Å². The average Bonchev–Trinajstić information content (AvgIpc) is 2.17. The molecule has 0 aliphatic heterocycles. The highest BCUT2D eigenvalue weighted by Gasteiger charge is 2.00. The van der Waals surface area contributed by atoms with Crippen molar-refractivity contribution >= 4 is 6.09 Å². The minimum Gasteiger partial charge on any atom is -0.450 e. The summed E-state index contributed by atoms with van der Waals surface area (Å²) in [4.78, 5) is 11.1. The Labute approximate surface area is 92.6 Å². The van der Waals surface area contributed by atoms with Crippen LogP contribution in [0.3, 0.4) is 0 Å². The highest BCUT2D eigenvalue weighted by atomic mass is 16.5. The van der Waals surface area contributed by atoms with Crippen LogP contribution >= 0.6 is 0 Å². The zero-order chi connectivity index (χ0) is 11.5. The van der Waals surface area contributed by atoms with E-state index >= 15 is 0 Å². The second kappa shape index (κ2) is 9.77. The number of carbonyl (C=O) groups excluding carboxylic acids is 1. The predicted molar refractivity (Wildman–Crippen MR) is 61.8 cm³/mol. The number of hydrogen-bond acceptors (Lipinski definition) is 3. The Morgan fingerprint density at radius 1 is 1.40 bits per heavy atom. The third-order valence-corrected chi connectivity index (χ3v) is 2.09. The molecule has 0 aromatic heterocycles. The number of carbonyl (C=O) groups is 1. The molecule has 0 spiro atoms. The summed E-state index contributed by atoms with van der Waals surface area (Å²) in [7, 11) is 0. The lowest BCUT2D eigenvalue weighted by molar-refractivity contribution is 0.144. The van der Waals surface area contributed by atoms with E-state index in [1.54, 1.807) is 0 Å². The Kier molecular flexibility index (Phi) is 9.27. The molecule has 15 heavy (non-hydrogen) atoms. The standard InChI is InChI=1S/C11H24N2O2/c1-3-4-9-15-11(14)13-8-6-5-7-10(2)12/h10H,3-9,12H2,1-2H3,(H,13,14). The molecule has 0 aliphatic carbocycles.